The molecule has 2 heterocycles. The van der Waals surface area contributed by atoms with Gasteiger partial charge < -0.3 is 15.1 Å². The first-order chi connectivity index (χ1) is 15.4. The second-order valence-electron chi connectivity index (χ2n) is 7.81. The lowest BCUT2D eigenvalue weighted by Crippen LogP contribution is -2.45. The molecule has 0 bridgehead atoms. The summed E-state index contributed by atoms with van der Waals surface area (Å²) in [7, 11) is 2.12. The molecule has 32 heavy (non-hydrogen) atoms. The molecule has 0 saturated carbocycles. The highest BCUT2D eigenvalue weighted by atomic mass is 16.6. The number of hydrogen-bond acceptors (Lipinski definition) is 7. The summed E-state index contributed by atoms with van der Waals surface area (Å²) in [5.74, 6) is -0.340. The Hall–Kier alpha value is -3.79. The third-order valence-corrected chi connectivity index (χ3v) is 5.67. The summed E-state index contributed by atoms with van der Waals surface area (Å²) < 4.78 is 1.43. The van der Waals surface area contributed by atoms with Crippen molar-refractivity contribution in [2.24, 2.45) is 0 Å². The number of likely N-dealkylation sites (N-methyl/N-ethyl adjacent to an activating group) is 1. The van der Waals surface area contributed by atoms with Crippen molar-refractivity contribution < 1.29 is 9.72 Å². The third-order valence-electron chi connectivity index (χ3n) is 5.67. The molecule has 10 nitrogen and oxygen atoms in total. The molecule has 1 saturated heterocycles. The number of nitro groups is 1. The van der Waals surface area contributed by atoms with E-state index in [-0.39, 0.29) is 17.3 Å². The van der Waals surface area contributed by atoms with E-state index in [2.05, 4.69) is 38.5 Å². The average molecular weight is 435 g/mol. The number of amides is 1. The summed E-state index contributed by atoms with van der Waals surface area (Å²) in [5, 5.41) is 22.0. The molecule has 1 aliphatic rings. The van der Waals surface area contributed by atoms with Crippen LogP contribution in [0.4, 0.5) is 11.4 Å². The molecule has 0 radical (unpaired) electrons. The Kier molecular flexibility index (Phi) is 6.13. The third kappa shape index (κ3) is 4.45. The summed E-state index contributed by atoms with van der Waals surface area (Å²) in [6.45, 7) is 5.97. The summed E-state index contributed by atoms with van der Waals surface area (Å²) >= 11 is 0. The van der Waals surface area contributed by atoms with Crippen LogP contribution in [0.2, 0.25) is 0 Å². The van der Waals surface area contributed by atoms with Crippen LogP contribution in [0.15, 0.2) is 48.5 Å². The number of piperazine rings is 1. The van der Waals surface area contributed by atoms with Gasteiger partial charge in [-0.15, -0.1) is 5.10 Å². The molecular formula is C22H25N7O3. The maximum Gasteiger partial charge on any atom is 0.274 e. The molecule has 0 aliphatic carbocycles. The molecule has 10 heteroatoms. The summed E-state index contributed by atoms with van der Waals surface area (Å²) in [5.41, 5.74) is 3.28. The highest BCUT2D eigenvalue weighted by Crippen LogP contribution is 2.22. The minimum atomic E-state index is -0.471. The lowest BCUT2D eigenvalue weighted by molar-refractivity contribution is -0.384. The molecule has 2 aromatic carbocycles. The smallest absolute Gasteiger partial charge is 0.274 e. The Morgan fingerprint density at radius 2 is 1.88 bits per heavy atom. The first-order valence-corrected chi connectivity index (χ1v) is 10.4. The summed E-state index contributed by atoms with van der Waals surface area (Å²) in [6.07, 6.45) is 0. The Bertz CT molecular complexity index is 1140. The maximum atomic E-state index is 12.8. The van der Waals surface area contributed by atoms with Crippen molar-refractivity contribution >= 4 is 17.3 Å². The van der Waals surface area contributed by atoms with Crippen molar-refractivity contribution in [2.45, 2.75) is 13.5 Å². The van der Waals surface area contributed by atoms with E-state index in [1.807, 2.05) is 18.2 Å². The molecule has 0 unspecified atom stereocenters. The number of nitrogens with zero attached hydrogens (tertiary/aromatic N) is 6. The Labute approximate surface area is 185 Å². The van der Waals surface area contributed by atoms with Gasteiger partial charge in [-0.3, -0.25) is 14.9 Å². The fourth-order valence-corrected chi connectivity index (χ4v) is 3.80. The van der Waals surface area contributed by atoms with Gasteiger partial charge in [0.2, 0.25) is 0 Å². The van der Waals surface area contributed by atoms with Crippen molar-refractivity contribution in [3.8, 4) is 5.69 Å². The zero-order valence-electron chi connectivity index (χ0n) is 18.1. The van der Waals surface area contributed by atoms with Gasteiger partial charge >= 0.3 is 0 Å². The zero-order chi connectivity index (χ0) is 22.7. The molecule has 0 atom stereocenters. The van der Waals surface area contributed by atoms with Crippen LogP contribution in [-0.4, -0.2) is 64.0 Å². The molecule has 1 amide bonds. The minimum Gasteiger partial charge on any atom is -0.369 e. The molecule has 0 spiro atoms. The number of hydrogen-bond donors (Lipinski definition) is 1. The van der Waals surface area contributed by atoms with E-state index in [0.29, 0.717) is 17.9 Å². The van der Waals surface area contributed by atoms with Crippen molar-refractivity contribution in [3.63, 3.8) is 0 Å². The number of rotatable bonds is 6. The molecule has 1 aromatic heterocycles. The molecule has 1 N–H and O–H groups in total. The minimum absolute atomic E-state index is 0.0519. The standard InChI is InChI=1S/C22H25N7O3/c1-16-21(24-25-28(16)18-7-5-8-19(14-18)29(31)32)22(30)23-15-17-6-3-4-9-20(17)27-12-10-26(2)11-13-27/h3-9,14H,10-13,15H2,1-2H3,(H,23,30). The molecule has 166 valence electrons. The Balaban J connectivity index is 1.48. The van der Waals surface area contributed by atoms with Gasteiger partial charge in [0.1, 0.15) is 0 Å². The number of anilines is 1. The summed E-state index contributed by atoms with van der Waals surface area (Å²) in [4.78, 5) is 28.1. The number of aromatic nitrogens is 3. The fraction of sp³-hybridized carbons (Fsp3) is 0.318. The van der Waals surface area contributed by atoms with Gasteiger partial charge in [-0.05, 0) is 31.7 Å². The second kappa shape index (κ2) is 9.15. The van der Waals surface area contributed by atoms with E-state index in [9.17, 15) is 14.9 Å². The Morgan fingerprint density at radius 1 is 1.12 bits per heavy atom. The number of carbonyl (C=O) groups is 1. The van der Waals surface area contributed by atoms with E-state index in [4.69, 9.17) is 0 Å². The zero-order valence-corrected chi connectivity index (χ0v) is 18.1. The van der Waals surface area contributed by atoms with Crippen molar-refractivity contribution in [1.82, 2.24) is 25.2 Å². The number of non-ortho nitro benzene ring substituents is 1. The monoisotopic (exact) mass is 435 g/mol. The predicted octanol–water partition coefficient (Wildman–Crippen LogP) is 2.17. The highest BCUT2D eigenvalue weighted by Gasteiger charge is 2.20. The van der Waals surface area contributed by atoms with Gasteiger partial charge in [-0.2, -0.15) is 0 Å². The average Bonchev–Trinajstić information content (AvgIpc) is 3.19. The van der Waals surface area contributed by atoms with Gasteiger partial charge in [0, 0.05) is 50.5 Å². The predicted molar refractivity (Wildman–Crippen MR) is 120 cm³/mol. The van der Waals surface area contributed by atoms with Crippen LogP contribution in [-0.2, 0) is 6.54 Å². The highest BCUT2D eigenvalue weighted by molar-refractivity contribution is 5.93. The number of carbonyl (C=O) groups excluding carboxylic acids is 1. The lowest BCUT2D eigenvalue weighted by atomic mass is 10.1. The van der Waals surface area contributed by atoms with E-state index in [0.717, 1.165) is 37.4 Å². The van der Waals surface area contributed by atoms with E-state index in [1.165, 1.54) is 16.8 Å². The molecule has 4 rings (SSSR count). The summed E-state index contributed by atoms with van der Waals surface area (Å²) in [6, 6.07) is 14.1. The SMILES string of the molecule is Cc1c(C(=O)NCc2ccccc2N2CCN(C)CC2)nnn1-c1cccc([N+](=O)[O-])c1. The maximum absolute atomic E-state index is 12.8. The van der Waals surface area contributed by atoms with Crippen molar-refractivity contribution in [1.29, 1.82) is 0 Å². The van der Waals surface area contributed by atoms with E-state index < -0.39 is 4.92 Å². The van der Waals surface area contributed by atoms with Crippen LogP contribution in [0.25, 0.3) is 5.69 Å². The van der Waals surface area contributed by atoms with Crippen LogP contribution >= 0.6 is 0 Å². The van der Waals surface area contributed by atoms with Gasteiger partial charge in [-0.25, -0.2) is 4.68 Å². The first kappa shape index (κ1) is 21.4. The molecule has 1 fully saturated rings. The first-order valence-electron chi connectivity index (χ1n) is 10.4. The quantitative estimate of drug-likeness (QED) is 0.467. The number of benzene rings is 2. The fourth-order valence-electron chi connectivity index (χ4n) is 3.80. The Morgan fingerprint density at radius 3 is 2.62 bits per heavy atom. The normalized spacial score (nSPS) is 14.4. The number of para-hydroxylation sites is 1. The van der Waals surface area contributed by atoms with Crippen LogP contribution in [0, 0.1) is 17.0 Å². The topological polar surface area (TPSA) is 109 Å². The van der Waals surface area contributed by atoms with Crippen LogP contribution in [0.5, 0.6) is 0 Å². The van der Waals surface area contributed by atoms with Gasteiger partial charge in [0.15, 0.2) is 5.69 Å². The van der Waals surface area contributed by atoms with Crippen molar-refractivity contribution in [2.75, 3.05) is 38.1 Å². The van der Waals surface area contributed by atoms with Crippen LogP contribution < -0.4 is 10.2 Å². The molecular weight excluding hydrogens is 410 g/mol. The largest absolute Gasteiger partial charge is 0.369 e. The molecule has 3 aromatic rings. The van der Waals surface area contributed by atoms with Gasteiger partial charge in [0.05, 0.1) is 16.3 Å². The number of nitrogens with one attached hydrogen (secondary N) is 1. The molecule has 1 aliphatic heterocycles. The van der Waals surface area contributed by atoms with Crippen LogP contribution in [0.1, 0.15) is 21.7 Å². The number of nitro benzene ring substituents is 1. The van der Waals surface area contributed by atoms with E-state index >= 15 is 0 Å². The van der Waals surface area contributed by atoms with Crippen LogP contribution in [0.3, 0.4) is 0 Å². The van der Waals surface area contributed by atoms with E-state index in [1.54, 1.807) is 19.1 Å². The lowest BCUT2D eigenvalue weighted by Gasteiger charge is -2.35. The van der Waals surface area contributed by atoms with Gasteiger partial charge in [-0.1, -0.05) is 29.5 Å². The second-order valence-corrected chi connectivity index (χ2v) is 7.81. The van der Waals surface area contributed by atoms with Gasteiger partial charge in [0.25, 0.3) is 11.6 Å². The van der Waals surface area contributed by atoms with Crippen molar-refractivity contribution in [3.05, 3.63) is 75.6 Å².